The van der Waals surface area contributed by atoms with E-state index < -0.39 is 0 Å². The van der Waals surface area contributed by atoms with Crippen LogP contribution in [-0.4, -0.2) is 9.55 Å². The van der Waals surface area contributed by atoms with Crippen molar-refractivity contribution < 1.29 is 0 Å². The van der Waals surface area contributed by atoms with Crippen molar-refractivity contribution in [1.82, 2.24) is 9.55 Å². The van der Waals surface area contributed by atoms with E-state index in [1.165, 1.54) is 44.2 Å². The van der Waals surface area contributed by atoms with Gasteiger partial charge in [-0.05, 0) is 89.7 Å². The molecule has 0 spiro atoms. The number of allylic oxidation sites excluding steroid dienone is 4. The highest BCUT2D eigenvalue weighted by Gasteiger charge is 2.11. The van der Waals surface area contributed by atoms with Crippen LogP contribution in [0.25, 0.3) is 55.1 Å². The Bertz CT molecular complexity index is 2530. The number of fused-ring (bicyclic) bond motifs is 4. The number of para-hydroxylation sites is 2. The zero-order chi connectivity index (χ0) is 37.9. The van der Waals surface area contributed by atoms with Gasteiger partial charge in [0.15, 0.2) is 0 Å². The molecule has 0 atom stereocenters. The Labute approximate surface area is 318 Å². The number of hydrogen-bond donors (Lipinski definition) is 3. The van der Waals surface area contributed by atoms with Gasteiger partial charge >= 0.3 is 0 Å². The third kappa shape index (κ3) is 8.39. The number of nitrogens with two attached hydrogens (primary N) is 3. The van der Waals surface area contributed by atoms with Crippen molar-refractivity contribution in [2.24, 2.45) is 17.2 Å². The van der Waals surface area contributed by atoms with E-state index in [1.807, 2.05) is 61.7 Å². The van der Waals surface area contributed by atoms with Gasteiger partial charge in [-0.2, -0.15) is 0 Å². The number of pyridine rings is 1. The maximum absolute atomic E-state index is 5.69. The van der Waals surface area contributed by atoms with Gasteiger partial charge in [0.05, 0.1) is 22.7 Å². The summed E-state index contributed by atoms with van der Waals surface area (Å²) in [6.45, 7) is 4.69. The molecule has 5 nitrogen and oxygen atoms in total. The third-order valence-electron chi connectivity index (χ3n) is 9.27. The second-order valence-electron chi connectivity index (χ2n) is 12.9. The molecule has 6 aromatic carbocycles. The molecular weight excluding hydrogens is 659 g/mol. The Hall–Kier alpha value is -6.55. The van der Waals surface area contributed by atoms with Gasteiger partial charge in [-0.3, -0.25) is 4.98 Å². The topological polar surface area (TPSA) is 95.9 Å². The number of nitrogens with zero attached hydrogens (tertiary/aromatic N) is 2. The van der Waals surface area contributed by atoms with Crippen LogP contribution in [0.15, 0.2) is 176 Å². The molecule has 0 aliphatic carbocycles. The van der Waals surface area contributed by atoms with E-state index >= 15 is 0 Å². The van der Waals surface area contributed by atoms with Crippen molar-refractivity contribution in [3.8, 4) is 29.2 Å². The molecule has 2 aromatic heterocycles. The van der Waals surface area contributed by atoms with E-state index in [2.05, 4.69) is 138 Å². The van der Waals surface area contributed by atoms with Crippen LogP contribution in [0.1, 0.15) is 35.3 Å². The predicted molar refractivity (Wildman–Crippen MR) is 230 cm³/mol. The highest BCUT2D eigenvalue weighted by Crippen LogP contribution is 2.33. The minimum absolute atomic E-state index is 0.341. The van der Waals surface area contributed by atoms with Crippen molar-refractivity contribution in [1.29, 1.82) is 0 Å². The molecule has 0 saturated heterocycles. The van der Waals surface area contributed by atoms with Crippen LogP contribution in [0.3, 0.4) is 0 Å². The molecule has 0 aliphatic rings. The van der Waals surface area contributed by atoms with Gasteiger partial charge in [-0.1, -0.05) is 133 Å². The molecule has 8 aromatic rings. The summed E-state index contributed by atoms with van der Waals surface area (Å²) in [5.41, 5.74) is 28.9. The van der Waals surface area contributed by atoms with Gasteiger partial charge in [0, 0.05) is 40.2 Å². The van der Waals surface area contributed by atoms with E-state index in [0.29, 0.717) is 6.54 Å². The quantitative estimate of drug-likeness (QED) is 0.0912. The molecule has 0 bridgehead atoms. The zero-order valence-corrected chi connectivity index (χ0v) is 30.7. The van der Waals surface area contributed by atoms with Crippen LogP contribution in [-0.2, 0) is 6.54 Å². The van der Waals surface area contributed by atoms with Gasteiger partial charge < -0.3 is 21.8 Å². The molecule has 6 N–H and O–H groups in total. The molecule has 0 fully saturated rings. The largest absolute Gasteiger partial charge is 0.326 e. The molecule has 5 heteroatoms. The lowest BCUT2D eigenvalue weighted by molar-refractivity contribution is 0.774. The molecule has 0 aliphatic heterocycles. The summed E-state index contributed by atoms with van der Waals surface area (Å²) in [6.07, 6.45) is 12.8. The molecule has 8 rings (SSSR count). The molecule has 0 saturated carbocycles. The molecule has 266 valence electrons. The predicted octanol–water partition coefficient (Wildman–Crippen LogP) is 10.6. The Balaban J connectivity index is 0.000000151. The Kier molecular flexibility index (Phi) is 12.3. The smallest absolute Gasteiger partial charge is 0.0784 e. The lowest BCUT2D eigenvalue weighted by Gasteiger charge is -2.11. The molecule has 54 heavy (non-hydrogen) atoms. The fraction of sp³-hybridized carbons (Fsp3) is 0.0816. The highest BCUT2D eigenvalue weighted by molar-refractivity contribution is 6.09. The lowest BCUT2D eigenvalue weighted by Crippen LogP contribution is -2.19. The second-order valence-corrected chi connectivity index (χ2v) is 12.9. The minimum atomic E-state index is -0.341. The molecule has 0 radical (unpaired) electrons. The Morgan fingerprint density at radius 3 is 1.93 bits per heavy atom. The van der Waals surface area contributed by atoms with Gasteiger partial charge in [-0.15, -0.1) is 6.42 Å². The lowest BCUT2D eigenvalue weighted by atomic mass is 9.95. The highest BCUT2D eigenvalue weighted by atomic mass is 15.0. The zero-order valence-electron chi connectivity index (χ0n) is 30.7. The normalized spacial score (nSPS) is 11.3. The van der Waals surface area contributed by atoms with Crippen LogP contribution in [0.2, 0.25) is 0 Å². The van der Waals surface area contributed by atoms with Gasteiger partial charge in [-0.25, -0.2) is 0 Å². The maximum Gasteiger partial charge on any atom is 0.0784 e. The van der Waals surface area contributed by atoms with E-state index in [9.17, 15) is 0 Å². The first-order chi connectivity index (χ1) is 26.4. The van der Waals surface area contributed by atoms with Crippen LogP contribution in [0.4, 0.5) is 0 Å². The van der Waals surface area contributed by atoms with Crippen LogP contribution in [0.5, 0.6) is 0 Å². The molecular formula is C49H45N5. The van der Waals surface area contributed by atoms with E-state index in [-0.39, 0.29) is 6.17 Å². The summed E-state index contributed by atoms with van der Waals surface area (Å²) >= 11 is 0. The number of terminal acetylenes is 1. The van der Waals surface area contributed by atoms with E-state index in [4.69, 9.17) is 23.6 Å². The Morgan fingerprint density at radius 2 is 1.33 bits per heavy atom. The summed E-state index contributed by atoms with van der Waals surface area (Å²) in [4.78, 5) is 4.64. The van der Waals surface area contributed by atoms with Gasteiger partial charge in [0.1, 0.15) is 0 Å². The number of rotatable bonds is 6. The average Bonchev–Trinajstić information content (AvgIpc) is 3.56. The van der Waals surface area contributed by atoms with E-state index in [1.54, 1.807) is 6.08 Å². The van der Waals surface area contributed by atoms with Crippen molar-refractivity contribution >= 4 is 38.3 Å². The number of hydrogen-bond acceptors (Lipinski definition) is 4. The minimum Gasteiger partial charge on any atom is -0.326 e. The first-order valence-electron chi connectivity index (χ1n) is 18.0. The van der Waals surface area contributed by atoms with Gasteiger partial charge in [0.2, 0.25) is 0 Å². The molecule has 0 amide bonds. The fourth-order valence-corrected chi connectivity index (χ4v) is 6.57. The average molecular weight is 704 g/mol. The van der Waals surface area contributed by atoms with Crippen molar-refractivity contribution in [2.45, 2.75) is 26.6 Å². The number of benzene rings is 6. The summed E-state index contributed by atoms with van der Waals surface area (Å²) in [7, 11) is 0. The maximum atomic E-state index is 5.69. The molecule has 0 unspecified atom stereocenters. The number of aromatic nitrogens is 2. The first-order valence-corrected chi connectivity index (χ1v) is 18.0. The summed E-state index contributed by atoms with van der Waals surface area (Å²) in [5, 5.41) is 3.71. The van der Waals surface area contributed by atoms with E-state index in [0.717, 1.165) is 33.2 Å². The van der Waals surface area contributed by atoms with Crippen LogP contribution >= 0.6 is 0 Å². The summed E-state index contributed by atoms with van der Waals surface area (Å²) < 4.78 is 2.31. The monoisotopic (exact) mass is 703 g/mol. The van der Waals surface area contributed by atoms with Crippen LogP contribution in [0, 0.1) is 19.3 Å². The Morgan fingerprint density at radius 1 is 0.722 bits per heavy atom. The summed E-state index contributed by atoms with van der Waals surface area (Å²) in [6, 6.07) is 52.0. The van der Waals surface area contributed by atoms with Crippen molar-refractivity contribution in [3.63, 3.8) is 0 Å². The standard InChI is InChI=1S/C23H19N.C19H16N2.C7H10N2/c1-4-9-18(10-5-2)19-15-22-21(13-8-14-23(22)24-16-19)20-12-7-6-11-17(20)3;20-13-14-9-11-15(12-10-14)21-18-7-3-1-5-16(18)17-6-2-4-8-19(17)21;8-7(9)6-4-2-1-3-5-6/h1,5-16H,2-3H3;1-12H,13,20H2;1-5,7H,8-9H2/b10-5-,18-9+;;. The van der Waals surface area contributed by atoms with Crippen molar-refractivity contribution in [3.05, 3.63) is 198 Å². The summed E-state index contributed by atoms with van der Waals surface area (Å²) in [5.74, 6) is 2.61. The third-order valence-corrected chi connectivity index (χ3v) is 9.27. The van der Waals surface area contributed by atoms with Crippen LogP contribution < -0.4 is 17.2 Å². The second kappa shape index (κ2) is 17.8. The number of aryl methyl sites for hydroxylation is 1. The molecule has 2 heterocycles. The van der Waals surface area contributed by atoms with Gasteiger partial charge in [0.25, 0.3) is 0 Å². The fourth-order valence-electron chi connectivity index (χ4n) is 6.57. The first kappa shape index (κ1) is 37.2. The van der Waals surface area contributed by atoms with Crippen molar-refractivity contribution in [2.75, 3.05) is 0 Å². The SMILES string of the molecule is C#C/C=C(\C=C/C)c1cnc2cccc(-c3ccccc3C)c2c1.NC(N)c1ccccc1.NCc1ccc(-n2c3ccccc3c3ccccc32)cc1.